The number of fused-ring (bicyclic) bond motifs is 1. The number of aryl methyl sites for hydroxylation is 1. The van der Waals surface area contributed by atoms with Crippen LogP contribution in [0.4, 0.5) is 5.82 Å². The molecule has 1 aromatic carbocycles. The van der Waals surface area contributed by atoms with Crippen LogP contribution in [0, 0.1) is 6.92 Å². The molecule has 5 rings (SSSR count). The van der Waals surface area contributed by atoms with E-state index >= 15 is 0 Å². The highest BCUT2D eigenvalue weighted by Gasteiger charge is 2.24. The standard InChI is InChI=1S/C24H24N6O2/c1-14-12-26-22(19-7-8-27-29-19)23-21(14)18(16-3-5-17(6-4-16)24(25)31)11-20(28-23)30-9-10-32-13-15(30)2/h3-8,11-12,15H,9-10,13H2,1-2H3,(H2,25,31)(H,27,29)/t15-/m1/s1. The van der Waals surface area contributed by atoms with E-state index in [-0.39, 0.29) is 6.04 Å². The third-order valence-electron chi connectivity index (χ3n) is 5.91. The number of hydrogen-bond donors (Lipinski definition) is 2. The summed E-state index contributed by atoms with van der Waals surface area (Å²) in [4.78, 5) is 23.6. The van der Waals surface area contributed by atoms with Crippen LogP contribution in [0.1, 0.15) is 22.8 Å². The molecular weight excluding hydrogens is 404 g/mol. The normalized spacial score (nSPS) is 16.4. The van der Waals surface area contributed by atoms with Gasteiger partial charge in [-0.1, -0.05) is 12.1 Å². The lowest BCUT2D eigenvalue weighted by Gasteiger charge is -2.34. The van der Waals surface area contributed by atoms with Crippen molar-refractivity contribution in [3.05, 3.63) is 59.9 Å². The Bertz CT molecular complexity index is 1280. The molecule has 8 heteroatoms. The molecule has 0 radical (unpaired) electrons. The fraction of sp³-hybridized carbons (Fsp3) is 0.250. The number of amides is 1. The molecule has 0 aliphatic carbocycles. The first-order valence-electron chi connectivity index (χ1n) is 10.6. The number of carbonyl (C=O) groups is 1. The number of H-pyrrole nitrogens is 1. The molecule has 1 aliphatic rings. The van der Waals surface area contributed by atoms with E-state index in [0.29, 0.717) is 18.8 Å². The Kier molecular flexibility index (Phi) is 5.07. The Morgan fingerprint density at radius 3 is 2.75 bits per heavy atom. The maximum absolute atomic E-state index is 11.6. The highest BCUT2D eigenvalue weighted by Crippen LogP contribution is 2.37. The van der Waals surface area contributed by atoms with E-state index in [1.165, 1.54) is 0 Å². The largest absolute Gasteiger partial charge is 0.377 e. The van der Waals surface area contributed by atoms with Crippen LogP contribution < -0.4 is 10.6 Å². The van der Waals surface area contributed by atoms with Crippen LogP contribution in [0.15, 0.2) is 48.8 Å². The zero-order valence-corrected chi connectivity index (χ0v) is 18.0. The lowest BCUT2D eigenvalue weighted by molar-refractivity contribution is 0.0985. The van der Waals surface area contributed by atoms with Crippen molar-refractivity contribution < 1.29 is 9.53 Å². The molecule has 0 spiro atoms. The lowest BCUT2D eigenvalue weighted by atomic mass is 9.96. The van der Waals surface area contributed by atoms with Gasteiger partial charge in [0.2, 0.25) is 5.91 Å². The second-order valence-corrected chi connectivity index (χ2v) is 8.07. The fourth-order valence-corrected chi connectivity index (χ4v) is 4.23. The third kappa shape index (κ3) is 3.48. The van der Waals surface area contributed by atoms with Gasteiger partial charge in [0.25, 0.3) is 0 Å². The van der Waals surface area contributed by atoms with Crippen LogP contribution in [0.2, 0.25) is 0 Å². The van der Waals surface area contributed by atoms with E-state index in [1.54, 1.807) is 18.3 Å². The van der Waals surface area contributed by atoms with Crippen LogP contribution in [-0.4, -0.2) is 51.9 Å². The van der Waals surface area contributed by atoms with Gasteiger partial charge >= 0.3 is 0 Å². The topological polar surface area (TPSA) is 110 Å². The predicted octanol–water partition coefficient (Wildman–Crippen LogP) is 3.32. The van der Waals surface area contributed by atoms with E-state index < -0.39 is 5.91 Å². The molecule has 0 unspecified atom stereocenters. The maximum Gasteiger partial charge on any atom is 0.248 e. The van der Waals surface area contributed by atoms with Crippen LogP contribution in [0.3, 0.4) is 0 Å². The smallest absolute Gasteiger partial charge is 0.248 e. The number of morpholine rings is 1. The minimum atomic E-state index is -0.444. The minimum Gasteiger partial charge on any atom is -0.377 e. The summed E-state index contributed by atoms with van der Waals surface area (Å²) in [5.74, 6) is 0.427. The first kappa shape index (κ1) is 20.1. The summed E-state index contributed by atoms with van der Waals surface area (Å²) >= 11 is 0. The van der Waals surface area contributed by atoms with Crippen molar-refractivity contribution >= 4 is 22.6 Å². The van der Waals surface area contributed by atoms with Crippen molar-refractivity contribution in [2.75, 3.05) is 24.7 Å². The minimum absolute atomic E-state index is 0.201. The number of ether oxygens (including phenoxy) is 1. The summed E-state index contributed by atoms with van der Waals surface area (Å²) in [6.45, 7) is 6.25. The van der Waals surface area contributed by atoms with Crippen molar-refractivity contribution in [2.45, 2.75) is 19.9 Å². The van der Waals surface area contributed by atoms with Gasteiger partial charge in [-0.05, 0) is 54.8 Å². The van der Waals surface area contributed by atoms with Crippen molar-refractivity contribution in [1.82, 2.24) is 20.2 Å². The number of nitrogens with one attached hydrogen (secondary N) is 1. The van der Waals surface area contributed by atoms with Gasteiger partial charge in [-0.25, -0.2) is 4.98 Å². The Morgan fingerprint density at radius 1 is 1.25 bits per heavy atom. The number of nitrogens with zero attached hydrogens (tertiary/aromatic N) is 4. The number of aromatic nitrogens is 4. The molecule has 4 aromatic rings. The van der Waals surface area contributed by atoms with Gasteiger partial charge in [-0.15, -0.1) is 0 Å². The number of anilines is 1. The molecule has 3 aromatic heterocycles. The second kappa shape index (κ2) is 8.05. The van der Waals surface area contributed by atoms with Gasteiger partial charge in [-0.3, -0.25) is 14.9 Å². The zero-order valence-electron chi connectivity index (χ0n) is 18.0. The van der Waals surface area contributed by atoms with Gasteiger partial charge < -0.3 is 15.4 Å². The first-order chi connectivity index (χ1) is 15.5. The lowest BCUT2D eigenvalue weighted by Crippen LogP contribution is -2.44. The summed E-state index contributed by atoms with van der Waals surface area (Å²) in [5, 5.41) is 8.12. The summed E-state index contributed by atoms with van der Waals surface area (Å²) < 4.78 is 5.63. The first-order valence-corrected chi connectivity index (χ1v) is 10.6. The van der Waals surface area contributed by atoms with Crippen molar-refractivity contribution in [3.8, 4) is 22.5 Å². The van der Waals surface area contributed by atoms with Crippen LogP contribution in [0.5, 0.6) is 0 Å². The molecule has 3 N–H and O–H groups in total. The van der Waals surface area contributed by atoms with Crippen LogP contribution in [-0.2, 0) is 4.74 Å². The number of rotatable bonds is 4. The Balaban J connectivity index is 1.79. The number of benzene rings is 1. The molecule has 32 heavy (non-hydrogen) atoms. The molecule has 162 valence electrons. The summed E-state index contributed by atoms with van der Waals surface area (Å²) in [7, 11) is 0. The van der Waals surface area contributed by atoms with E-state index in [4.69, 9.17) is 15.5 Å². The molecule has 1 aliphatic heterocycles. The molecule has 0 bridgehead atoms. The maximum atomic E-state index is 11.6. The van der Waals surface area contributed by atoms with Crippen molar-refractivity contribution in [1.29, 1.82) is 0 Å². The fourth-order valence-electron chi connectivity index (χ4n) is 4.23. The van der Waals surface area contributed by atoms with E-state index in [2.05, 4.69) is 33.1 Å². The molecule has 1 atom stereocenters. The van der Waals surface area contributed by atoms with E-state index in [1.807, 2.05) is 31.3 Å². The summed E-state index contributed by atoms with van der Waals surface area (Å²) in [6, 6.07) is 11.6. The molecule has 8 nitrogen and oxygen atoms in total. The molecule has 1 fully saturated rings. The molecular formula is C24H24N6O2. The van der Waals surface area contributed by atoms with Gasteiger partial charge in [-0.2, -0.15) is 5.10 Å². The molecule has 1 saturated heterocycles. The van der Waals surface area contributed by atoms with E-state index in [0.717, 1.165) is 51.3 Å². The van der Waals surface area contributed by atoms with Gasteiger partial charge in [0.15, 0.2) is 0 Å². The summed E-state index contributed by atoms with van der Waals surface area (Å²) in [5.41, 5.74) is 11.3. The van der Waals surface area contributed by atoms with E-state index in [9.17, 15) is 4.79 Å². The Morgan fingerprint density at radius 2 is 2.06 bits per heavy atom. The Labute approximate surface area is 185 Å². The number of pyridine rings is 2. The third-order valence-corrected chi connectivity index (χ3v) is 5.91. The number of aromatic amines is 1. The Hall–Kier alpha value is -3.78. The summed E-state index contributed by atoms with van der Waals surface area (Å²) in [6.07, 6.45) is 3.57. The number of primary amides is 1. The van der Waals surface area contributed by atoms with Gasteiger partial charge in [0.1, 0.15) is 17.0 Å². The molecule has 0 saturated carbocycles. The monoisotopic (exact) mass is 428 g/mol. The predicted molar refractivity (Wildman–Crippen MR) is 123 cm³/mol. The average molecular weight is 428 g/mol. The average Bonchev–Trinajstić information content (AvgIpc) is 3.34. The van der Waals surface area contributed by atoms with Gasteiger partial charge in [0, 0.05) is 29.9 Å². The zero-order chi connectivity index (χ0) is 22.2. The highest BCUT2D eigenvalue weighted by molar-refractivity contribution is 6.03. The number of carbonyl (C=O) groups excluding carboxylic acids is 1. The second-order valence-electron chi connectivity index (χ2n) is 8.07. The van der Waals surface area contributed by atoms with Crippen molar-refractivity contribution in [3.63, 3.8) is 0 Å². The number of hydrogen-bond acceptors (Lipinski definition) is 6. The number of nitrogens with two attached hydrogens (primary N) is 1. The van der Waals surface area contributed by atoms with Gasteiger partial charge in [0.05, 0.1) is 24.9 Å². The highest BCUT2D eigenvalue weighted by atomic mass is 16.5. The SMILES string of the molecule is Cc1cnc(-c2ccn[nH]2)c2nc(N3CCOC[C@H]3C)cc(-c3ccc(C(N)=O)cc3)c12. The molecule has 1 amide bonds. The van der Waals surface area contributed by atoms with Crippen molar-refractivity contribution in [2.24, 2.45) is 5.73 Å². The quantitative estimate of drug-likeness (QED) is 0.516. The van der Waals surface area contributed by atoms with Crippen LogP contribution in [0.25, 0.3) is 33.4 Å². The molecule has 4 heterocycles. The van der Waals surface area contributed by atoms with Crippen LogP contribution >= 0.6 is 0 Å².